The number of nitriles is 1. The van der Waals surface area contributed by atoms with E-state index in [0.717, 1.165) is 0 Å². The van der Waals surface area contributed by atoms with Crippen molar-refractivity contribution < 1.29 is 22.4 Å². The topological polar surface area (TPSA) is 52.9 Å². The highest BCUT2D eigenvalue weighted by Crippen LogP contribution is 2.31. The lowest BCUT2D eigenvalue weighted by atomic mass is 10.0. The minimum Gasteiger partial charge on any atom is -0.322 e. The van der Waals surface area contributed by atoms with E-state index in [2.05, 4.69) is 0 Å². The highest BCUT2D eigenvalue weighted by atomic mass is 19.4. The van der Waals surface area contributed by atoms with Gasteiger partial charge in [-0.3, -0.25) is 4.79 Å². The maximum Gasteiger partial charge on any atom is 0.416 e. The number of nitrogens with zero attached hydrogens (tertiary/aromatic N) is 1. The average Bonchev–Trinajstić information content (AvgIpc) is 2.37. The molecule has 0 heterocycles. The third-order valence-electron chi connectivity index (χ3n) is 2.60. The Hall–Kier alpha value is -2.10. The number of hydrogen-bond donors (Lipinski definition) is 1. The largest absolute Gasteiger partial charge is 0.416 e. The highest BCUT2D eigenvalue weighted by molar-refractivity contribution is 5.94. The lowest BCUT2D eigenvalue weighted by Crippen LogP contribution is -2.22. The van der Waals surface area contributed by atoms with Crippen molar-refractivity contribution >= 4 is 11.6 Å². The van der Waals surface area contributed by atoms with Gasteiger partial charge in [-0.05, 0) is 24.6 Å². The Bertz CT molecular complexity index is 534. The average molecular weight is 288 g/mol. The second-order valence-corrected chi connectivity index (χ2v) is 4.15. The Morgan fingerprint density at radius 3 is 2.60 bits per heavy atom. The van der Waals surface area contributed by atoms with Gasteiger partial charge in [0.25, 0.3) is 0 Å². The summed E-state index contributed by atoms with van der Waals surface area (Å²) in [6.45, 7) is 1.75. The molecule has 7 heteroatoms. The van der Waals surface area contributed by atoms with E-state index in [4.69, 9.17) is 5.26 Å². The fourth-order valence-electron chi connectivity index (χ4n) is 1.56. The first-order valence-electron chi connectivity index (χ1n) is 5.86. The molecule has 108 valence electrons. The predicted octanol–water partition coefficient (Wildman–Crippen LogP) is 3.72. The Balaban J connectivity index is 2.98. The van der Waals surface area contributed by atoms with Crippen LogP contribution in [0.4, 0.5) is 23.2 Å². The zero-order valence-corrected chi connectivity index (χ0v) is 10.6. The van der Waals surface area contributed by atoms with Crippen LogP contribution in [0, 0.1) is 23.1 Å². The van der Waals surface area contributed by atoms with Crippen molar-refractivity contribution in [2.45, 2.75) is 25.9 Å². The van der Waals surface area contributed by atoms with Crippen LogP contribution in [0.25, 0.3) is 0 Å². The molecule has 0 aromatic heterocycles. The Morgan fingerprint density at radius 2 is 2.10 bits per heavy atom. The molecule has 0 aliphatic carbocycles. The molecular formula is C13H12F4N2O. The van der Waals surface area contributed by atoms with E-state index in [1.807, 2.05) is 5.32 Å². The van der Waals surface area contributed by atoms with Crippen molar-refractivity contribution in [3.05, 3.63) is 29.6 Å². The van der Waals surface area contributed by atoms with Gasteiger partial charge < -0.3 is 5.32 Å². The van der Waals surface area contributed by atoms with Crippen LogP contribution in [0.15, 0.2) is 18.2 Å². The first-order chi connectivity index (χ1) is 9.29. The normalized spacial score (nSPS) is 12.6. The van der Waals surface area contributed by atoms with Crippen LogP contribution in [-0.2, 0) is 11.0 Å². The van der Waals surface area contributed by atoms with Crippen molar-refractivity contribution in [1.82, 2.24) is 0 Å². The van der Waals surface area contributed by atoms with E-state index in [1.54, 1.807) is 13.0 Å². The molecule has 1 aromatic rings. The molecule has 20 heavy (non-hydrogen) atoms. The Morgan fingerprint density at radius 1 is 1.45 bits per heavy atom. The second-order valence-electron chi connectivity index (χ2n) is 4.15. The minimum absolute atomic E-state index is 0.253. The predicted molar refractivity (Wildman–Crippen MR) is 64.0 cm³/mol. The molecule has 0 saturated heterocycles. The monoisotopic (exact) mass is 288 g/mol. The number of carbonyl (C=O) groups is 1. The zero-order chi connectivity index (χ0) is 15.3. The Labute approximate surface area is 113 Å². The summed E-state index contributed by atoms with van der Waals surface area (Å²) < 4.78 is 50.9. The first kappa shape index (κ1) is 16.0. The Kier molecular flexibility index (Phi) is 5.08. The van der Waals surface area contributed by atoms with Crippen LogP contribution in [-0.4, -0.2) is 5.91 Å². The number of anilines is 1. The number of hydrogen-bond acceptors (Lipinski definition) is 2. The third-order valence-corrected chi connectivity index (χ3v) is 2.60. The molecular weight excluding hydrogens is 276 g/mol. The van der Waals surface area contributed by atoms with Crippen molar-refractivity contribution in [3.8, 4) is 6.07 Å². The van der Waals surface area contributed by atoms with Crippen LogP contribution in [0.1, 0.15) is 25.3 Å². The molecule has 0 aliphatic rings. The van der Waals surface area contributed by atoms with Gasteiger partial charge in [0.2, 0.25) is 5.91 Å². The lowest BCUT2D eigenvalue weighted by molar-refractivity contribution is -0.137. The van der Waals surface area contributed by atoms with Gasteiger partial charge in [-0.25, -0.2) is 4.39 Å². The van der Waals surface area contributed by atoms with Gasteiger partial charge in [0.15, 0.2) is 0 Å². The molecule has 1 amide bonds. The van der Waals surface area contributed by atoms with Crippen molar-refractivity contribution in [2.24, 2.45) is 5.92 Å². The summed E-state index contributed by atoms with van der Waals surface area (Å²) in [6.07, 6.45) is -3.83. The molecule has 0 radical (unpaired) electrons. The summed E-state index contributed by atoms with van der Waals surface area (Å²) in [6, 6.07) is 3.44. The van der Waals surface area contributed by atoms with Gasteiger partial charge in [0.05, 0.1) is 17.3 Å². The summed E-state index contributed by atoms with van der Waals surface area (Å²) in [5.41, 5.74) is -1.65. The van der Waals surface area contributed by atoms with Crippen molar-refractivity contribution in [2.75, 3.05) is 5.32 Å². The molecule has 1 N–H and O–H groups in total. The number of alkyl halides is 3. The number of halogens is 4. The summed E-state index contributed by atoms with van der Waals surface area (Å²) in [5.74, 6) is -2.82. The highest BCUT2D eigenvalue weighted by Gasteiger charge is 2.31. The molecule has 0 fully saturated rings. The minimum atomic E-state index is -4.63. The molecule has 1 rings (SSSR count). The fraction of sp³-hybridized carbons (Fsp3) is 0.385. The van der Waals surface area contributed by atoms with Crippen molar-refractivity contribution in [3.63, 3.8) is 0 Å². The smallest absolute Gasteiger partial charge is 0.322 e. The van der Waals surface area contributed by atoms with Crippen LogP contribution in [0.2, 0.25) is 0 Å². The summed E-state index contributed by atoms with van der Waals surface area (Å²) in [4.78, 5) is 11.7. The van der Waals surface area contributed by atoms with Crippen molar-refractivity contribution in [1.29, 1.82) is 5.26 Å². The number of amides is 1. The number of carbonyl (C=O) groups excluding carboxylic acids is 1. The molecule has 0 bridgehead atoms. The van der Waals surface area contributed by atoms with E-state index in [0.29, 0.717) is 24.6 Å². The molecule has 0 saturated carbocycles. The fourth-order valence-corrected chi connectivity index (χ4v) is 1.56. The maximum atomic E-state index is 13.4. The third kappa shape index (κ3) is 3.95. The SMILES string of the molecule is CCCC(C#N)C(=O)Nc1cc(C(F)(F)F)ccc1F. The van der Waals surface area contributed by atoms with Crippen LogP contribution < -0.4 is 5.32 Å². The van der Waals surface area contributed by atoms with Gasteiger partial charge in [-0.2, -0.15) is 18.4 Å². The second kappa shape index (κ2) is 6.37. The number of nitrogens with one attached hydrogen (secondary N) is 1. The van der Waals surface area contributed by atoms with Gasteiger partial charge in [0.1, 0.15) is 11.7 Å². The van der Waals surface area contributed by atoms with Crippen LogP contribution >= 0.6 is 0 Å². The molecule has 1 atom stereocenters. The van der Waals surface area contributed by atoms with Gasteiger partial charge in [-0.15, -0.1) is 0 Å². The lowest BCUT2D eigenvalue weighted by Gasteiger charge is -2.12. The quantitative estimate of drug-likeness (QED) is 0.858. The first-order valence-corrected chi connectivity index (χ1v) is 5.86. The van der Waals surface area contributed by atoms with Gasteiger partial charge >= 0.3 is 6.18 Å². The molecule has 0 aliphatic heterocycles. The van der Waals surface area contributed by atoms with Crippen LogP contribution in [0.5, 0.6) is 0 Å². The van der Waals surface area contributed by atoms with Gasteiger partial charge in [-0.1, -0.05) is 13.3 Å². The van der Waals surface area contributed by atoms with E-state index in [-0.39, 0.29) is 6.42 Å². The van der Waals surface area contributed by atoms with E-state index < -0.39 is 35.1 Å². The molecule has 1 unspecified atom stereocenters. The molecule has 1 aromatic carbocycles. The summed E-state index contributed by atoms with van der Waals surface area (Å²) >= 11 is 0. The standard InChI is InChI=1S/C13H12F4N2O/c1-2-3-8(7-18)12(20)19-11-6-9(13(15,16)17)4-5-10(11)14/h4-6,8H,2-3H2,1H3,(H,19,20). The molecule has 3 nitrogen and oxygen atoms in total. The number of rotatable bonds is 4. The van der Waals surface area contributed by atoms with Crippen LogP contribution in [0.3, 0.4) is 0 Å². The van der Waals surface area contributed by atoms with E-state index >= 15 is 0 Å². The summed E-state index contributed by atoms with van der Waals surface area (Å²) in [7, 11) is 0. The number of benzene rings is 1. The zero-order valence-electron chi connectivity index (χ0n) is 10.6. The summed E-state index contributed by atoms with van der Waals surface area (Å²) in [5, 5.41) is 10.8. The van der Waals surface area contributed by atoms with Gasteiger partial charge in [0, 0.05) is 0 Å². The maximum absolute atomic E-state index is 13.4. The molecule has 0 spiro atoms. The van der Waals surface area contributed by atoms with E-state index in [1.165, 1.54) is 0 Å². The van der Waals surface area contributed by atoms with E-state index in [9.17, 15) is 22.4 Å².